The predicted octanol–water partition coefficient (Wildman–Crippen LogP) is 3.18. The van der Waals surface area contributed by atoms with Crippen LogP contribution in [-0.4, -0.2) is 43.9 Å². The molecule has 1 atom stereocenters. The fraction of sp³-hybridized carbons (Fsp3) is 0.318. The first kappa shape index (κ1) is 17.6. The SMILES string of the molecule is COc1ccc(-c2ccc3c(c2)CC2CCNCCN32)c(C=CC(=O)O)c1. The van der Waals surface area contributed by atoms with E-state index < -0.39 is 5.97 Å². The average molecular weight is 364 g/mol. The van der Waals surface area contributed by atoms with Gasteiger partial charge in [0.15, 0.2) is 0 Å². The van der Waals surface area contributed by atoms with E-state index in [0.717, 1.165) is 42.7 Å². The van der Waals surface area contributed by atoms with E-state index in [1.807, 2.05) is 18.2 Å². The monoisotopic (exact) mass is 364 g/mol. The van der Waals surface area contributed by atoms with Crippen molar-refractivity contribution >= 4 is 17.7 Å². The summed E-state index contributed by atoms with van der Waals surface area (Å²) in [7, 11) is 1.61. The van der Waals surface area contributed by atoms with Gasteiger partial charge in [0, 0.05) is 30.9 Å². The minimum absolute atomic E-state index is 0.576. The summed E-state index contributed by atoms with van der Waals surface area (Å²) in [6, 6.07) is 13.0. The van der Waals surface area contributed by atoms with Crippen molar-refractivity contribution in [1.29, 1.82) is 0 Å². The molecule has 5 nitrogen and oxygen atoms in total. The van der Waals surface area contributed by atoms with Crippen LogP contribution in [0.25, 0.3) is 17.2 Å². The van der Waals surface area contributed by atoms with Crippen LogP contribution in [0.5, 0.6) is 5.75 Å². The van der Waals surface area contributed by atoms with Crippen molar-refractivity contribution in [3.8, 4) is 16.9 Å². The Morgan fingerprint density at radius 3 is 2.96 bits per heavy atom. The van der Waals surface area contributed by atoms with Gasteiger partial charge >= 0.3 is 5.97 Å². The van der Waals surface area contributed by atoms with Crippen LogP contribution in [0, 0.1) is 0 Å². The standard InChI is InChI=1S/C22H24N2O3/c1-27-19-4-5-20(16(14-19)3-7-22(25)26)15-2-6-21-17(12-15)13-18-8-9-23-10-11-24(18)21/h2-7,12,14,18,23H,8-11,13H2,1H3,(H,25,26). The molecular formula is C22H24N2O3. The Labute approximate surface area is 159 Å². The number of hydrogen-bond acceptors (Lipinski definition) is 4. The summed E-state index contributed by atoms with van der Waals surface area (Å²) >= 11 is 0. The summed E-state index contributed by atoms with van der Waals surface area (Å²) < 4.78 is 5.31. The lowest BCUT2D eigenvalue weighted by Gasteiger charge is -2.24. The summed E-state index contributed by atoms with van der Waals surface area (Å²) in [4.78, 5) is 13.5. The summed E-state index contributed by atoms with van der Waals surface area (Å²) in [5.41, 5.74) is 5.68. The molecule has 1 unspecified atom stereocenters. The molecule has 1 saturated heterocycles. The van der Waals surface area contributed by atoms with Gasteiger partial charge in [-0.2, -0.15) is 0 Å². The summed E-state index contributed by atoms with van der Waals surface area (Å²) in [6.07, 6.45) is 5.04. The first-order valence-corrected chi connectivity index (χ1v) is 9.35. The zero-order valence-electron chi connectivity index (χ0n) is 15.4. The number of rotatable bonds is 4. The normalized spacial score (nSPS) is 18.9. The van der Waals surface area contributed by atoms with Gasteiger partial charge in [0.25, 0.3) is 0 Å². The molecule has 0 amide bonds. The smallest absolute Gasteiger partial charge is 0.328 e. The number of nitrogens with zero attached hydrogens (tertiary/aromatic N) is 1. The van der Waals surface area contributed by atoms with Crippen molar-refractivity contribution < 1.29 is 14.6 Å². The molecule has 140 valence electrons. The molecule has 27 heavy (non-hydrogen) atoms. The van der Waals surface area contributed by atoms with Crippen molar-refractivity contribution in [2.75, 3.05) is 31.6 Å². The van der Waals surface area contributed by atoms with Gasteiger partial charge in [-0.05, 0) is 72.0 Å². The van der Waals surface area contributed by atoms with Crippen LogP contribution in [0.3, 0.4) is 0 Å². The highest BCUT2D eigenvalue weighted by atomic mass is 16.5. The van der Waals surface area contributed by atoms with Gasteiger partial charge in [-0.1, -0.05) is 12.1 Å². The molecule has 2 N–H and O–H groups in total. The number of fused-ring (bicyclic) bond motifs is 3. The predicted molar refractivity (Wildman–Crippen MR) is 107 cm³/mol. The second-order valence-electron chi connectivity index (χ2n) is 7.06. The van der Waals surface area contributed by atoms with Crippen LogP contribution in [0.2, 0.25) is 0 Å². The van der Waals surface area contributed by atoms with Crippen LogP contribution in [0.4, 0.5) is 5.69 Å². The third-order valence-electron chi connectivity index (χ3n) is 5.44. The molecule has 2 aromatic carbocycles. The van der Waals surface area contributed by atoms with E-state index in [1.54, 1.807) is 13.2 Å². The van der Waals surface area contributed by atoms with Crippen LogP contribution in [-0.2, 0) is 11.2 Å². The van der Waals surface area contributed by atoms with E-state index in [-0.39, 0.29) is 0 Å². The first-order valence-electron chi connectivity index (χ1n) is 9.35. The van der Waals surface area contributed by atoms with Crippen LogP contribution in [0.15, 0.2) is 42.5 Å². The largest absolute Gasteiger partial charge is 0.497 e. The Bertz CT molecular complexity index is 891. The van der Waals surface area contributed by atoms with E-state index in [9.17, 15) is 4.79 Å². The highest BCUT2D eigenvalue weighted by Gasteiger charge is 2.30. The van der Waals surface area contributed by atoms with E-state index in [2.05, 4.69) is 28.4 Å². The molecule has 4 rings (SSSR count). The molecule has 2 heterocycles. The lowest BCUT2D eigenvalue weighted by molar-refractivity contribution is -0.131. The van der Waals surface area contributed by atoms with Crippen molar-refractivity contribution in [3.05, 3.63) is 53.6 Å². The van der Waals surface area contributed by atoms with E-state index in [4.69, 9.17) is 9.84 Å². The van der Waals surface area contributed by atoms with Gasteiger partial charge in [0.2, 0.25) is 0 Å². The molecule has 0 radical (unpaired) electrons. The Hall–Kier alpha value is -2.79. The molecular weight excluding hydrogens is 340 g/mol. The second-order valence-corrected chi connectivity index (χ2v) is 7.06. The lowest BCUT2D eigenvalue weighted by atomic mass is 9.96. The maximum Gasteiger partial charge on any atom is 0.328 e. The number of benzene rings is 2. The van der Waals surface area contributed by atoms with Crippen molar-refractivity contribution in [2.45, 2.75) is 18.9 Å². The third kappa shape index (κ3) is 3.55. The topological polar surface area (TPSA) is 61.8 Å². The van der Waals surface area contributed by atoms with Gasteiger partial charge in [0.05, 0.1) is 7.11 Å². The Morgan fingerprint density at radius 1 is 1.26 bits per heavy atom. The molecule has 2 aliphatic heterocycles. The fourth-order valence-electron chi connectivity index (χ4n) is 4.14. The minimum atomic E-state index is -0.959. The number of hydrogen-bond donors (Lipinski definition) is 2. The molecule has 5 heteroatoms. The molecule has 0 bridgehead atoms. The Kier molecular flexibility index (Phi) is 4.86. The Balaban J connectivity index is 1.72. The minimum Gasteiger partial charge on any atom is -0.497 e. The number of methoxy groups -OCH3 is 1. The zero-order valence-corrected chi connectivity index (χ0v) is 15.4. The zero-order chi connectivity index (χ0) is 18.8. The molecule has 0 spiro atoms. The van der Waals surface area contributed by atoms with Crippen LogP contribution >= 0.6 is 0 Å². The number of anilines is 1. The molecule has 0 saturated carbocycles. The third-order valence-corrected chi connectivity index (χ3v) is 5.44. The maximum atomic E-state index is 11.0. The van der Waals surface area contributed by atoms with Crippen molar-refractivity contribution in [1.82, 2.24) is 5.32 Å². The number of carboxylic acids is 1. The van der Waals surface area contributed by atoms with E-state index >= 15 is 0 Å². The first-order chi connectivity index (χ1) is 13.2. The molecule has 2 aromatic rings. The number of aliphatic carboxylic acids is 1. The van der Waals surface area contributed by atoms with Gasteiger partial charge in [0.1, 0.15) is 5.75 Å². The van der Waals surface area contributed by atoms with Crippen molar-refractivity contribution in [2.24, 2.45) is 0 Å². The van der Waals surface area contributed by atoms with Crippen molar-refractivity contribution in [3.63, 3.8) is 0 Å². The number of carbonyl (C=O) groups is 1. The highest BCUT2D eigenvalue weighted by molar-refractivity contribution is 5.88. The molecule has 1 fully saturated rings. The average Bonchev–Trinajstić information content (AvgIpc) is 2.85. The van der Waals surface area contributed by atoms with E-state index in [0.29, 0.717) is 11.8 Å². The van der Waals surface area contributed by atoms with Gasteiger partial charge in [-0.3, -0.25) is 0 Å². The number of carboxylic acid groups (broad SMARTS) is 1. The van der Waals surface area contributed by atoms with Gasteiger partial charge < -0.3 is 20.1 Å². The summed E-state index contributed by atoms with van der Waals surface area (Å²) in [5.74, 6) is -0.245. The lowest BCUT2D eigenvalue weighted by Crippen LogP contribution is -2.32. The molecule has 0 aromatic heterocycles. The maximum absolute atomic E-state index is 11.0. The number of nitrogens with one attached hydrogen (secondary N) is 1. The fourth-order valence-corrected chi connectivity index (χ4v) is 4.14. The Morgan fingerprint density at radius 2 is 2.15 bits per heavy atom. The van der Waals surface area contributed by atoms with E-state index in [1.165, 1.54) is 23.7 Å². The highest BCUT2D eigenvalue weighted by Crippen LogP contribution is 2.38. The second kappa shape index (κ2) is 7.45. The van der Waals surface area contributed by atoms with Gasteiger partial charge in [-0.15, -0.1) is 0 Å². The summed E-state index contributed by atoms with van der Waals surface area (Å²) in [5, 5.41) is 12.5. The van der Waals surface area contributed by atoms with Crippen LogP contribution in [0.1, 0.15) is 17.5 Å². The molecule has 2 aliphatic rings. The number of ether oxygens (including phenoxy) is 1. The van der Waals surface area contributed by atoms with Gasteiger partial charge in [-0.25, -0.2) is 4.79 Å². The quantitative estimate of drug-likeness (QED) is 0.816. The summed E-state index contributed by atoms with van der Waals surface area (Å²) in [6.45, 7) is 3.15. The van der Waals surface area contributed by atoms with Crippen LogP contribution < -0.4 is 15.0 Å². The molecule has 0 aliphatic carbocycles.